The second kappa shape index (κ2) is 2.03. The molecule has 1 aliphatic heterocycles. The first-order chi connectivity index (χ1) is 4.48. The van der Waals surface area contributed by atoms with E-state index in [1.54, 1.807) is 6.92 Å². The number of sulfonamides is 1. The van der Waals surface area contributed by atoms with Crippen LogP contribution in [0.25, 0.3) is 0 Å². The van der Waals surface area contributed by atoms with E-state index in [0.717, 1.165) is 6.26 Å². The van der Waals surface area contributed by atoms with Gasteiger partial charge in [0.25, 0.3) is 0 Å². The van der Waals surface area contributed by atoms with Gasteiger partial charge in [0.2, 0.25) is 10.0 Å². The molecule has 0 aromatic heterocycles. The number of carbonyl (C=O) groups excluding carboxylic acids is 1. The van der Waals surface area contributed by atoms with E-state index in [1.807, 2.05) is 0 Å². The van der Waals surface area contributed by atoms with E-state index in [1.165, 1.54) is 4.31 Å². The second-order valence-corrected chi connectivity index (χ2v) is 4.35. The summed E-state index contributed by atoms with van der Waals surface area (Å²) in [7, 11) is -3.14. The molecule has 3 atom stereocenters. The number of hydrogen-bond donors (Lipinski definition) is 0. The summed E-state index contributed by atoms with van der Waals surface area (Å²) in [5.41, 5.74) is 0. The van der Waals surface area contributed by atoms with Crippen molar-refractivity contribution in [3.8, 4) is 0 Å². The molecule has 0 aromatic rings. The zero-order valence-electron chi connectivity index (χ0n) is 5.81. The average molecular weight is 163 g/mol. The van der Waals surface area contributed by atoms with Gasteiger partial charge >= 0.3 is 0 Å². The van der Waals surface area contributed by atoms with Crippen molar-refractivity contribution < 1.29 is 13.2 Å². The molecule has 5 heteroatoms. The lowest BCUT2D eigenvalue weighted by Crippen LogP contribution is -2.12. The molecule has 1 rings (SSSR count). The average Bonchev–Trinajstić information content (AvgIpc) is 2.39. The largest absolute Gasteiger partial charge is 0.302 e. The number of carbonyl (C=O) groups is 1. The van der Waals surface area contributed by atoms with Crippen LogP contribution in [0.1, 0.15) is 6.92 Å². The molecule has 1 saturated heterocycles. The van der Waals surface area contributed by atoms with Crippen LogP contribution in [0.2, 0.25) is 0 Å². The summed E-state index contributed by atoms with van der Waals surface area (Å²) in [5.74, 6) is 0. The molecule has 0 aliphatic carbocycles. The molecule has 1 unspecified atom stereocenters. The molecule has 0 N–H and O–H groups in total. The van der Waals surface area contributed by atoms with Crippen LogP contribution in [0.3, 0.4) is 0 Å². The minimum Gasteiger partial charge on any atom is -0.302 e. The lowest BCUT2D eigenvalue weighted by molar-refractivity contribution is -0.107. The van der Waals surface area contributed by atoms with Gasteiger partial charge in [-0.2, -0.15) is 4.31 Å². The molecule has 58 valence electrons. The van der Waals surface area contributed by atoms with Crippen LogP contribution in [0.4, 0.5) is 0 Å². The Hall–Kier alpha value is -0.420. The van der Waals surface area contributed by atoms with Crippen molar-refractivity contribution in [1.29, 1.82) is 0 Å². The summed E-state index contributed by atoms with van der Waals surface area (Å²) in [6.07, 6.45) is 1.76. The van der Waals surface area contributed by atoms with Gasteiger partial charge in [-0.05, 0) is 6.92 Å². The second-order valence-electron chi connectivity index (χ2n) is 2.46. The zero-order valence-corrected chi connectivity index (χ0v) is 6.63. The highest BCUT2D eigenvalue weighted by Gasteiger charge is 2.50. The van der Waals surface area contributed by atoms with Crippen LogP contribution in [-0.2, 0) is 14.8 Å². The molecule has 10 heavy (non-hydrogen) atoms. The van der Waals surface area contributed by atoms with Crippen molar-refractivity contribution in [3.05, 3.63) is 0 Å². The van der Waals surface area contributed by atoms with Gasteiger partial charge in [0.05, 0.1) is 12.3 Å². The van der Waals surface area contributed by atoms with E-state index in [-0.39, 0.29) is 6.04 Å². The predicted octanol–water partition coefficient (Wildman–Crippen LogP) is -0.782. The zero-order chi connectivity index (χ0) is 7.94. The lowest BCUT2D eigenvalue weighted by atomic mass is 10.4. The molecule has 0 spiro atoms. The van der Waals surface area contributed by atoms with E-state index >= 15 is 0 Å². The van der Waals surface area contributed by atoms with Gasteiger partial charge < -0.3 is 4.79 Å². The maximum atomic E-state index is 10.7. The summed E-state index contributed by atoms with van der Waals surface area (Å²) in [4.78, 5) is 10.1. The van der Waals surface area contributed by atoms with Crippen LogP contribution in [0, 0.1) is 0 Å². The quantitative estimate of drug-likeness (QED) is 0.396. The molecular formula is C5H9NO3S. The Balaban J connectivity index is 2.75. The fraction of sp³-hybridized carbons (Fsp3) is 0.800. The van der Waals surface area contributed by atoms with Gasteiger partial charge in [-0.25, -0.2) is 8.42 Å². The Morgan fingerprint density at radius 2 is 2.00 bits per heavy atom. The van der Waals surface area contributed by atoms with Gasteiger partial charge in [0.1, 0.15) is 6.29 Å². The van der Waals surface area contributed by atoms with Gasteiger partial charge in [-0.3, -0.25) is 0 Å². The number of rotatable bonds is 2. The first kappa shape index (κ1) is 7.68. The summed E-state index contributed by atoms with van der Waals surface area (Å²) in [6, 6.07) is -0.539. The molecule has 1 aliphatic rings. The first-order valence-corrected chi connectivity index (χ1v) is 4.77. The van der Waals surface area contributed by atoms with Crippen LogP contribution < -0.4 is 0 Å². The Morgan fingerprint density at radius 1 is 1.50 bits per heavy atom. The van der Waals surface area contributed by atoms with E-state index in [0.29, 0.717) is 6.29 Å². The third kappa shape index (κ3) is 1.06. The van der Waals surface area contributed by atoms with E-state index in [9.17, 15) is 13.2 Å². The van der Waals surface area contributed by atoms with E-state index in [4.69, 9.17) is 0 Å². The maximum Gasteiger partial charge on any atom is 0.212 e. The monoisotopic (exact) mass is 163 g/mol. The van der Waals surface area contributed by atoms with Crippen molar-refractivity contribution >= 4 is 16.3 Å². The fourth-order valence-corrected chi connectivity index (χ4v) is 2.38. The molecule has 1 heterocycles. The molecular weight excluding hydrogens is 154 g/mol. The predicted molar refractivity (Wildman–Crippen MR) is 36.0 cm³/mol. The number of hydrogen-bond acceptors (Lipinski definition) is 3. The standard InChI is InChI=1S/C5H9NO3S/c1-4-5(3-7)6(4)10(2,8)9/h3-5H,1-2H3/t4-,5-,6?/m0/s1. The molecule has 4 nitrogen and oxygen atoms in total. The third-order valence-corrected chi connectivity index (χ3v) is 2.96. The topological polar surface area (TPSA) is 54.2 Å². The van der Waals surface area contributed by atoms with Gasteiger partial charge in [0.15, 0.2) is 0 Å². The van der Waals surface area contributed by atoms with Gasteiger partial charge in [-0.15, -0.1) is 0 Å². The maximum absolute atomic E-state index is 10.7. The van der Waals surface area contributed by atoms with E-state index < -0.39 is 16.1 Å². The molecule has 0 radical (unpaired) electrons. The van der Waals surface area contributed by atoms with Crippen molar-refractivity contribution in [2.24, 2.45) is 0 Å². The Kier molecular flexibility index (Phi) is 1.56. The Morgan fingerprint density at radius 3 is 2.10 bits per heavy atom. The van der Waals surface area contributed by atoms with Gasteiger partial charge in [-0.1, -0.05) is 0 Å². The molecule has 0 bridgehead atoms. The Bertz CT molecular complexity index is 246. The summed E-state index contributed by atoms with van der Waals surface area (Å²) in [5, 5.41) is 0. The summed E-state index contributed by atoms with van der Waals surface area (Å²) in [6.45, 7) is 1.71. The highest BCUT2D eigenvalue weighted by Crippen LogP contribution is 2.28. The van der Waals surface area contributed by atoms with Gasteiger partial charge in [0, 0.05) is 6.04 Å². The first-order valence-electron chi connectivity index (χ1n) is 2.92. The highest BCUT2D eigenvalue weighted by molar-refractivity contribution is 7.88. The highest BCUT2D eigenvalue weighted by atomic mass is 32.2. The molecule has 0 aromatic carbocycles. The van der Waals surface area contributed by atoms with Crippen molar-refractivity contribution in [3.63, 3.8) is 0 Å². The normalized spacial score (nSPS) is 39.2. The van der Waals surface area contributed by atoms with Crippen molar-refractivity contribution in [2.75, 3.05) is 6.26 Å². The minimum atomic E-state index is -3.14. The molecule has 0 saturated carbocycles. The third-order valence-electron chi connectivity index (χ3n) is 1.62. The summed E-state index contributed by atoms with van der Waals surface area (Å²) < 4.78 is 22.7. The Labute approximate surface area is 59.9 Å². The van der Waals surface area contributed by atoms with Crippen LogP contribution in [0.15, 0.2) is 0 Å². The van der Waals surface area contributed by atoms with Crippen molar-refractivity contribution in [1.82, 2.24) is 4.31 Å². The fourth-order valence-electron chi connectivity index (χ4n) is 1.04. The van der Waals surface area contributed by atoms with Crippen LogP contribution in [-0.4, -0.2) is 37.3 Å². The minimum absolute atomic E-state index is 0.132. The van der Waals surface area contributed by atoms with Crippen molar-refractivity contribution in [2.45, 2.75) is 19.0 Å². The number of nitrogens with zero attached hydrogens (tertiary/aromatic N) is 1. The smallest absolute Gasteiger partial charge is 0.212 e. The summed E-state index contributed by atoms with van der Waals surface area (Å²) >= 11 is 0. The number of aldehydes is 1. The van der Waals surface area contributed by atoms with Crippen LogP contribution in [0.5, 0.6) is 0 Å². The lowest BCUT2D eigenvalue weighted by Gasteiger charge is -1.94. The SMILES string of the molecule is C[C@H]1[C@H](C=O)N1S(C)(=O)=O. The molecule has 0 amide bonds. The van der Waals surface area contributed by atoms with E-state index in [2.05, 4.69) is 0 Å². The molecule has 1 fully saturated rings. The van der Waals surface area contributed by atoms with Crippen LogP contribution >= 0.6 is 0 Å².